The van der Waals surface area contributed by atoms with E-state index in [1.807, 2.05) is 0 Å². The number of nitrogens with two attached hydrogens (primary N) is 1. The van der Waals surface area contributed by atoms with Gasteiger partial charge in [0.1, 0.15) is 0 Å². The number of likely N-dealkylation sites (N-methyl/N-ethyl adjacent to an activating group) is 1. The Kier molecular flexibility index (Phi) is 8.95. The minimum atomic E-state index is 0.783. The molecular formula is C10H24N2. The Morgan fingerprint density at radius 2 is 1.67 bits per heavy atom. The Labute approximate surface area is 77.1 Å². The van der Waals surface area contributed by atoms with E-state index in [0.29, 0.717) is 0 Å². The molecule has 2 nitrogen and oxygen atoms in total. The molecule has 0 radical (unpaired) electrons. The third-order valence-corrected chi connectivity index (χ3v) is 2.15. The largest absolute Gasteiger partial charge is 0.329 e. The lowest BCUT2D eigenvalue weighted by molar-refractivity contribution is 0.332. The quantitative estimate of drug-likeness (QED) is 0.566. The normalized spacial score (nSPS) is 11.0. The summed E-state index contributed by atoms with van der Waals surface area (Å²) in [6.45, 7) is 5.28. The van der Waals surface area contributed by atoms with Gasteiger partial charge in [-0.3, -0.25) is 0 Å². The molecular weight excluding hydrogens is 148 g/mol. The van der Waals surface area contributed by atoms with Crippen LogP contribution in [0.5, 0.6) is 0 Å². The Morgan fingerprint density at radius 1 is 1.00 bits per heavy atom. The van der Waals surface area contributed by atoms with Gasteiger partial charge in [-0.15, -0.1) is 0 Å². The van der Waals surface area contributed by atoms with E-state index in [2.05, 4.69) is 18.9 Å². The van der Waals surface area contributed by atoms with Crippen molar-refractivity contribution in [2.75, 3.05) is 26.7 Å². The first kappa shape index (κ1) is 11.9. The lowest BCUT2D eigenvalue weighted by atomic mass is 10.1. The van der Waals surface area contributed by atoms with Crippen LogP contribution in [0.25, 0.3) is 0 Å². The fourth-order valence-corrected chi connectivity index (χ4v) is 1.32. The van der Waals surface area contributed by atoms with E-state index < -0.39 is 0 Å². The molecule has 0 spiro atoms. The molecule has 0 atom stereocenters. The van der Waals surface area contributed by atoms with Crippen LogP contribution in [0.1, 0.15) is 39.0 Å². The molecule has 0 rings (SSSR count). The highest BCUT2D eigenvalue weighted by atomic mass is 15.1. The molecule has 2 N–H and O–H groups in total. The van der Waals surface area contributed by atoms with Crippen molar-refractivity contribution in [2.24, 2.45) is 5.73 Å². The lowest BCUT2D eigenvalue weighted by Gasteiger charge is -2.14. The van der Waals surface area contributed by atoms with Crippen LogP contribution in [0.3, 0.4) is 0 Å². The van der Waals surface area contributed by atoms with E-state index >= 15 is 0 Å². The fraction of sp³-hybridized carbons (Fsp3) is 1.00. The fourth-order valence-electron chi connectivity index (χ4n) is 1.32. The molecule has 0 aromatic heterocycles. The predicted molar refractivity (Wildman–Crippen MR) is 55.3 cm³/mol. The smallest absolute Gasteiger partial charge is 0.0102 e. The van der Waals surface area contributed by atoms with Gasteiger partial charge in [-0.1, -0.05) is 32.6 Å². The van der Waals surface area contributed by atoms with Crippen molar-refractivity contribution in [1.29, 1.82) is 0 Å². The van der Waals surface area contributed by atoms with Crippen molar-refractivity contribution >= 4 is 0 Å². The molecule has 12 heavy (non-hydrogen) atoms. The molecule has 0 saturated carbocycles. The zero-order valence-corrected chi connectivity index (χ0v) is 8.68. The van der Waals surface area contributed by atoms with Gasteiger partial charge in [-0.2, -0.15) is 0 Å². The first-order valence-corrected chi connectivity index (χ1v) is 5.20. The van der Waals surface area contributed by atoms with E-state index in [0.717, 1.165) is 13.1 Å². The second kappa shape index (κ2) is 9.01. The Morgan fingerprint density at radius 3 is 2.25 bits per heavy atom. The Balaban J connectivity index is 2.97. The average Bonchev–Trinajstić information content (AvgIpc) is 2.05. The van der Waals surface area contributed by atoms with Crippen molar-refractivity contribution in [3.05, 3.63) is 0 Å². The summed E-state index contributed by atoms with van der Waals surface area (Å²) in [5, 5.41) is 0. The Bertz CT molecular complexity index is 83.9. The van der Waals surface area contributed by atoms with Crippen molar-refractivity contribution in [3.63, 3.8) is 0 Å². The van der Waals surface area contributed by atoms with Crippen LogP contribution >= 0.6 is 0 Å². The summed E-state index contributed by atoms with van der Waals surface area (Å²) in [5.41, 5.74) is 5.44. The van der Waals surface area contributed by atoms with E-state index in [1.165, 1.54) is 38.6 Å². The van der Waals surface area contributed by atoms with Gasteiger partial charge in [0, 0.05) is 13.1 Å². The number of hydrogen-bond acceptors (Lipinski definition) is 2. The van der Waals surface area contributed by atoms with Crippen LogP contribution < -0.4 is 5.73 Å². The average molecular weight is 172 g/mol. The van der Waals surface area contributed by atoms with Crippen molar-refractivity contribution in [3.8, 4) is 0 Å². The molecule has 0 saturated heterocycles. The van der Waals surface area contributed by atoms with Gasteiger partial charge < -0.3 is 10.6 Å². The maximum Gasteiger partial charge on any atom is 0.0102 e. The summed E-state index contributed by atoms with van der Waals surface area (Å²) < 4.78 is 0. The van der Waals surface area contributed by atoms with Crippen LogP contribution in [-0.2, 0) is 0 Å². The second-order valence-corrected chi connectivity index (χ2v) is 3.51. The van der Waals surface area contributed by atoms with Crippen LogP contribution in [-0.4, -0.2) is 31.6 Å². The van der Waals surface area contributed by atoms with Crippen molar-refractivity contribution in [1.82, 2.24) is 4.90 Å². The van der Waals surface area contributed by atoms with Crippen LogP contribution in [0.15, 0.2) is 0 Å². The number of nitrogens with zero attached hydrogens (tertiary/aromatic N) is 1. The first-order valence-electron chi connectivity index (χ1n) is 5.20. The van der Waals surface area contributed by atoms with Gasteiger partial charge in [0.05, 0.1) is 0 Å². The van der Waals surface area contributed by atoms with Crippen LogP contribution in [0.4, 0.5) is 0 Å². The van der Waals surface area contributed by atoms with Crippen LogP contribution in [0, 0.1) is 0 Å². The minimum absolute atomic E-state index is 0.783. The molecule has 0 unspecified atom stereocenters. The van der Waals surface area contributed by atoms with E-state index in [-0.39, 0.29) is 0 Å². The monoisotopic (exact) mass is 172 g/mol. The molecule has 0 aliphatic rings. The van der Waals surface area contributed by atoms with Gasteiger partial charge in [0.15, 0.2) is 0 Å². The number of rotatable bonds is 8. The molecule has 0 aliphatic heterocycles. The highest BCUT2D eigenvalue weighted by Crippen LogP contribution is 2.02. The van der Waals surface area contributed by atoms with E-state index in [4.69, 9.17) is 5.73 Å². The highest BCUT2D eigenvalue weighted by molar-refractivity contribution is 4.52. The molecule has 74 valence electrons. The van der Waals surface area contributed by atoms with Gasteiger partial charge >= 0.3 is 0 Å². The molecule has 0 aromatic rings. The SMILES string of the molecule is CCCCCCCN(C)CCN. The van der Waals surface area contributed by atoms with E-state index in [9.17, 15) is 0 Å². The number of hydrogen-bond donors (Lipinski definition) is 1. The topological polar surface area (TPSA) is 29.3 Å². The molecule has 0 fully saturated rings. The van der Waals surface area contributed by atoms with Crippen molar-refractivity contribution < 1.29 is 0 Å². The zero-order chi connectivity index (χ0) is 9.23. The standard InChI is InChI=1S/C10H24N2/c1-3-4-5-6-7-9-12(2)10-8-11/h3-11H2,1-2H3. The molecule has 0 aliphatic carbocycles. The lowest BCUT2D eigenvalue weighted by Crippen LogP contribution is -2.26. The summed E-state index contributed by atoms with van der Waals surface area (Å²) in [6.07, 6.45) is 6.82. The Hall–Kier alpha value is -0.0800. The summed E-state index contributed by atoms with van der Waals surface area (Å²) >= 11 is 0. The van der Waals surface area contributed by atoms with Gasteiger partial charge in [-0.25, -0.2) is 0 Å². The summed E-state index contributed by atoms with van der Waals surface area (Å²) in [7, 11) is 2.15. The molecule has 0 heterocycles. The third kappa shape index (κ3) is 8.02. The van der Waals surface area contributed by atoms with Crippen molar-refractivity contribution in [2.45, 2.75) is 39.0 Å². The molecule has 0 amide bonds. The van der Waals surface area contributed by atoms with E-state index in [1.54, 1.807) is 0 Å². The van der Waals surface area contributed by atoms with Gasteiger partial charge in [-0.05, 0) is 20.0 Å². The second-order valence-electron chi connectivity index (χ2n) is 3.51. The molecule has 2 heteroatoms. The zero-order valence-electron chi connectivity index (χ0n) is 8.68. The predicted octanol–water partition coefficient (Wildman–Crippen LogP) is 1.85. The summed E-state index contributed by atoms with van der Waals surface area (Å²) in [6, 6.07) is 0. The van der Waals surface area contributed by atoms with Crippen LogP contribution in [0.2, 0.25) is 0 Å². The van der Waals surface area contributed by atoms with Gasteiger partial charge in [0.25, 0.3) is 0 Å². The highest BCUT2D eigenvalue weighted by Gasteiger charge is 1.95. The number of unbranched alkanes of at least 4 members (excludes halogenated alkanes) is 4. The van der Waals surface area contributed by atoms with Gasteiger partial charge in [0.2, 0.25) is 0 Å². The first-order chi connectivity index (χ1) is 5.81. The minimum Gasteiger partial charge on any atom is -0.329 e. The molecule has 0 aromatic carbocycles. The third-order valence-electron chi connectivity index (χ3n) is 2.15. The maximum atomic E-state index is 5.44. The summed E-state index contributed by atoms with van der Waals surface area (Å²) in [5.74, 6) is 0. The molecule has 0 bridgehead atoms. The summed E-state index contributed by atoms with van der Waals surface area (Å²) in [4.78, 5) is 2.31. The maximum absolute atomic E-state index is 5.44.